The Hall–Kier alpha value is -2.34. The van der Waals surface area contributed by atoms with Crippen LogP contribution in [0.15, 0.2) is 30.3 Å². The third-order valence-electron chi connectivity index (χ3n) is 5.19. The molecule has 0 bridgehead atoms. The van der Waals surface area contributed by atoms with Gasteiger partial charge in [0, 0.05) is 24.2 Å². The number of hydrogen-bond donors (Lipinski definition) is 0. The first-order valence-electron chi connectivity index (χ1n) is 8.90. The van der Waals surface area contributed by atoms with Gasteiger partial charge in [-0.2, -0.15) is 5.10 Å². The van der Waals surface area contributed by atoms with Gasteiger partial charge in [-0.15, -0.1) is 11.3 Å². The number of carbonyl (C=O) groups is 1. The highest BCUT2D eigenvalue weighted by molar-refractivity contribution is 7.20. The number of aromatic nitrogens is 2. The molecule has 1 saturated carbocycles. The lowest BCUT2D eigenvalue weighted by atomic mass is 10.1. The molecule has 2 heterocycles. The molecule has 0 aliphatic heterocycles. The molecule has 4 rings (SSSR count). The second kappa shape index (κ2) is 6.43. The van der Waals surface area contributed by atoms with Gasteiger partial charge in [0.05, 0.1) is 17.7 Å². The molecule has 6 heteroatoms. The third kappa shape index (κ3) is 2.88. The Morgan fingerprint density at radius 3 is 2.62 bits per heavy atom. The van der Waals surface area contributed by atoms with Crippen molar-refractivity contribution in [1.82, 2.24) is 9.78 Å². The summed E-state index contributed by atoms with van der Waals surface area (Å²) < 4.78 is 7.11. The van der Waals surface area contributed by atoms with Crippen LogP contribution in [0.2, 0.25) is 0 Å². The number of aryl methyl sites for hydroxylation is 2. The number of methoxy groups -OCH3 is 1. The van der Waals surface area contributed by atoms with E-state index in [-0.39, 0.29) is 11.9 Å². The van der Waals surface area contributed by atoms with E-state index in [1.165, 1.54) is 24.2 Å². The zero-order valence-corrected chi connectivity index (χ0v) is 16.3. The number of hydrogen-bond acceptors (Lipinski definition) is 4. The van der Waals surface area contributed by atoms with Crippen LogP contribution in [-0.2, 0) is 7.05 Å². The van der Waals surface area contributed by atoms with E-state index in [1.807, 2.05) is 53.9 Å². The van der Waals surface area contributed by atoms with Crippen molar-refractivity contribution in [3.8, 4) is 5.75 Å². The van der Waals surface area contributed by atoms with Gasteiger partial charge in [-0.1, -0.05) is 0 Å². The van der Waals surface area contributed by atoms with Crippen molar-refractivity contribution in [3.05, 3.63) is 40.9 Å². The number of ether oxygens (including phenoxy) is 1. The SMILES string of the molecule is COc1ccc(N(C(=O)c2cc3c(C)nn(C)c3s2)[C@H](C)C2CC2)cc1. The van der Waals surface area contributed by atoms with Gasteiger partial charge in [0.2, 0.25) is 0 Å². The molecule has 1 atom stereocenters. The van der Waals surface area contributed by atoms with Crippen LogP contribution >= 0.6 is 11.3 Å². The predicted octanol–water partition coefficient (Wildman–Crippen LogP) is 4.40. The lowest BCUT2D eigenvalue weighted by Crippen LogP contribution is -2.39. The van der Waals surface area contributed by atoms with Crippen molar-refractivity contribution in [2.75, 3.05) is 12.0 Å². The van der Waals surface area contributed by atoms with Gasteiger partial charge in [0.15, 0.2) is 0 Å². The number of thiophene rings is 1. The Morgan fingerprint density at radius 1 is 1.35 bits per heavy atom. The number of amides is 1. The monoisotopic (exact) mass is 369 g/mol. The van der Waals surface area contributed by atoms with Gasteiger partial charge in [-0.3, -0.25) is 9.48 Å². The minimum atomic E-state index is 0.0650. The van der Waals surface area contributed by atoms with E-state index >= 15 is 0 Å². The molecular weight excluding hydrogens is 346 g/mol. The van der Waals surface area contributed by atoms with E-state index in [1.54, 1.807) is 7.11 Å². The molecule has 1 fully saturated rings. The van der Waals surface area contributed by atoms with Crippen molar-refractivity contribution in [2.45, 2.75) is 32.7 Å². The van der Waals surface area contributed by atoms with Gasteiger partial charge in [0.1, 0.15) is 10.6 Å². The van der Waals surface area contributed by atoms with E-state index in [0.717, 1.165) is 32.2 Å². The topological polar surface area (TPSA) is 47.4 Å². The first kappa shape index (κ1) is 17.1. The van der Waals surface area contributed by atoms with Crippen LogP contribution in [0.3, 0.4) is 0 Å². The molecule has 0 spiro atoms. The summed E-state index contributed by atoms with van der Waals surface area (Å²) in [4.78, 5) is 17.2. The zero-order valence-electron chi connectivity index (χ0n) is 15.5. The Labute approximate surface area is 157 Å². The first-order chi connectivity index (χ1) is 12.5. The fraction of sp³-hybridized carbons (Fsp3) is 0.400. The molecule has 5 nitrogen and oxygen atoms in total. The minimum Gasteiger partial charge on any atom is -0.497 e. The molecule has 0 unspecified atom stereocenters. The van der Waals surface area contributed by atoms with E-state index in [2.05, 4.69) is 12.0 Å². The van der Waals surface area contributed by atoms with Crippen LogP contribution in [0, 0.1) is 12.8 Å². The molecule has 26 heavy (non-hydrogen) atoms. The molecule has 136 valence electrons. The number of fused-ring (bicyclic) bond motifs is 1. The molecule has 0 radical (unpaired) electrons. The average molecular weight is 369 g/mol. The first-order valence-corrected chi connectivity index (χ1v) is 9.72. The molecule has 0 saturated heterocycles. The standard InChI is InChI=1S/C20H23N3O2S/c1-12-17-11-18(26-20(17)22(3)21-12)19(24)23(13(2)14-5-6-14)15-7-9-16(25-4)10-8-15/h7-11,13-14H,5-6H2,1-4H3/t13-/m1/s1. The highest BCUT2D eigenvalue weighted by Gasteiger charge is 2.36. The van der Waals surface area contributed by atoms with Crippen LogP contribution in [0.25, 0.3) is 10.2 Å². The van der Waals surface area contributed by atoms with Crippen molar-refractivity contribution in [3.63, 3.8) is 0 Å². The van der Waals surface area contributed by atoms with Gasteiger partial charge in [0.25, 0.3) is 5.91 Å². The molecule has 1 aliphatic carbocycles. The van der Waals surface area contributed by atoms with Crippen molar-refractivity contribution in [1.29, 1.82) is 0 Å². The maximum atomic E-state index is 13.4. The summed E-state index contributed by atoms with van der Waals surface area (Å²) in [7, 11) is 3.58. The maximum absolute atomic E-state index is 13.4. The number of anilines is 1. The molecule has 1 amide bonds. The second-order valence-corrected chi connectivity index (χ2v) is 8.02. The normalized spacial score (nSPS) is 15.2. The van der Waals surface area contributed by atoms with Crippen molar-refractivity contribution >= 4 is 33.1 Å². The maximum Gasteiger partial charge on any atom is 0.268 e. The Kier molecular flexibility index (Phi) is 4.23. The van der Waals surface area contributed by atoms with E-state index < -0.39 is 0 Å². The van der Waals surface area contributed by atoms with E-state index in [9.17, 15) is 4.79 Å². The molecular formula is C20H23N3O2S. The zero-order chi connectivity index (χ0) is 18.4. The number of carbonyl (C=O) groups excluding carboxylic acids is 1. The fourth-order valence-electron chi connectivity index (χ4n) is 3.50. The molecule has 1 aromatic carbocycles. The number of benzene rings is 1. The Balaban J connectivity index is 1.73. The summed E-state index contributed by atoms with van der Waals surface area (Å²) >= 11 is 1.52. The molecule has 3 aromatic rings. The third-order valence-corrected chi connectivity index (χ3v) is 6.38. The summed E-state index contributed by atoms with van der Waals surface area (Å²) in [6.45, 7) is 4.14. The summed E-state index contributed by atoms with van der Waals surface area (Å²) in [5.41, 5.74) is 1.88. The van der Waals surface area contributed by atoms with Gasteiger partial charge in [-0.25, -0.2) is 0 Å². The minimum absolute atomic E-state index is 0.0650. The quantitative estimate of drug-likeness (QED) is 0.670. The second-order valence-electron chi connectivity index (χ2n) is 6.99. The fourth-order valence-corrected chi connectivity index (χ4v) is 4.56. The smallest absolute Gasteiger partial charge is 0.268 e. The van der Waals surface area contributed by atoms with Crippen LogP contribution in [-0.4, -0.2) is 28.8 Å². The highest BCUT2D eigenvalue weighted by atomic mass is 32.1. The molecule has 1 aliphatic rings. The average Bonchev–Trinajstić information content (AvgIpc) is 3.33. The lowest BCUT2D eigenvalue weighted by Gasteiger charge is -2.29. The number of nitrogens with zero attached hydrogens (tertiary/aromatic N) is 3. The summed E-state index contributed by atoms with van der Waals surface area (Å²) in [5, 5.41) is 5.50. The predicted molar refractivity (Wildman–Crippen MR) is 105 cm³/mol. The molecule has 0 N–H and O–H groups in total. The van der Waals surface area contributed by atoms with Gasteiger partial charge >= 0.3 is 0 Å². The lowest BCUT2D eigenvalue weighted by molar-refractivity contribution is 0.0979. The Morgan fingerprint density at radius 2 is 2.04 bits per heavy atom. The van der Waals surface area contributed by atoms with Crippen molar-refractivity contribution in [2.24, 2.45) is 13.0 Å². The van der Waals surface area contributed by atoms with Crippen LogP contribution in [0.5, 0.6) is 5.75 Å². The number of rotatable bonds is 5. The highest BCUT2D eigenvalue weighted by Crippen LogP contribution is 2.39. The van der Waals surface area contributed by atoms with E-state index in [0.29, 0.717) is 5.92 Å². The van der Waals surface area contributed by atoms with Crippen molar-refractivity contribution < 1.29 is 9.53 Å². The summed E-state index contributed by atoms with van der Waals surface area (Å²) in [5.74, 6) is 1.44. The van der Waals surface area contributed by atoms with Crippen LogP contribution in [0.4, 0.5) is 5.69 Å². The van der Waals surface area contributed by atoms with E-state index in [4.69, 9.17) is 4.74 Å². The largest absolute Gasteiger partial charge is 0.497 e. The summed E-state index contributed by atoms with van der Waals surface area (Å²) in [6, 6.07) is 9.93. The molecule has 2 aromatic heterocycles. The van der Waals surface area contributed by atoms with Gasteiger partial charge < -0.3 is 9.64 Å². The van der Waals surface area contributed by atoms with Gasteiger partial charge in [-0.05, 0) is 62.9 Å². The van der Waals surface area contributed by atoms with Crippen LogP contribution < -0.4 is 9.64 Å². The van der Waals surface area contributed by atoms with Crippen LogP contribution in [0.1, 0.15) is 35.1 Å². The Bertz CT molecular complexity index is 919. The summed E-state index contributed by atoms with van der Waals surface area (Å²) in [6.07, 6.45) is 2.38.